The number of methoxy groups -OCH3 is 1. The number of hydrogen-bond donors (Lipinski definition) is 2. The van der Waals surface area contributed by atoms with Crippen molar-refractivity contribution in [3.05, 3.63) is 41.8 Å². The molecule has 1 aliphatic rings. The quantitative estimate of drug-likeness (QED) is 0.307. The SMILES string of the molecule is CCNC(=NCc1cc(C(C)C)no1)NCC1CCN(c2cccc(OC)c2)C1.I. The van der Waals surface area contributed by atoms with Gasteiger partial charge >= 0.3 is 0 Å². The molecule has 3 rings (SSSR count). The summed E-state index contributed by atoms with van der Waals surface area (Å²) in [5.41, 5.74) is 2.19. The standard InChI is InChI=1S/C22H33N5O2.HI/c1-5-23-22(25-14-20-12-21(16(2)3)26-29-20)24-13-17-9-10-27(15-17)18-7-6-8-19(11-18)28-4;/h6-8,11-12,16-17H,5,9-10,13-15H2,1-4H3,(H2,23,24,25);1H. The molecule has 8 heteroatoms. The molecule has 1 aliphatic heterocycles. The summed E-state index contributed by atoms with van der Waals surface area (Å²) >= 11 is 0. The molecule has 0 radical (unpaired) electrons. The zero-order valence-corrected chi connectivity index (χ0v) is 20.7. The number of anilines is 1. The molecule has 166 valence electrons. The van der Waals surface area contributed by atoms with E-state index in [2.05, 4.69) is 58.6 Å². The first-order valence-corrected chi connectivity index (χ1v) is 10.5. The third-order valence-electron chi connectivity index (χ3n) is 5.17. The van der Waals surface area contributed by atoms with Crippen molar-refractivity contribution in [3.63, 3.8) is 0 Å². The van der Waals surface area contributed by atoms with Gasteiger partial charge in [-0.15, -0.1) is 24.0 Å². The monoisotopic (exact) mass is 527 g/mol. The van der Waals surface area contributed by atoms with E-state index < -0.39 is 0 Å². The Morgan fingerprint density at radius 2 is 2.17 bits per heavy atom. The number of halogens is 1. The van der Waals surface area contributed by atoms with Crippen molar-refractivity contribution < 1.29 is 9.26 Å². The average Bonchev–Trinajstić information content (AvgIpc) is 3.40. The first kappa shape index (κ1) is 24.3. The second kappa shape index (κ2) is 12.0. The van der Waals surface area contributed by atoms with Crippen LogP contribution in [0.3, 0.4) is 0 Å². The highest BCUT2D eigenvalue weighted by atomic mass is 127. The van der Waals surface area contributed by atoms with Gasteiger partial charge in [0.15, 0.2) is 11.7 Å². The van der Waals surface area contributed by atoms with E-state index in [-0.39, 0.29) is 24.0 Å². The molecule has 2 N–H and O–H groups in total. The highest BCUT2D eigenvalue weighted by Gasteiger charge is 2.23. The number of hydrogen-bond acceptors (Lipinski definition) is 5. The summed E-state index contributed by atoms with van der Waals surface area (Å²) in [6.07, 6.45) is 1.16. The molecular formula is C22H34IN5O2. The molecule has 2 aromatic rings. The van der Waals surface area contributed by atoms with Crippen molar-refractivity contribution in [1.29, 1.82) is 0 Å². The molecule has 1 unspecified atom stereocenters. The lowest BCUT2D eigenvalue weighted by molar-refractivity contribution is 0.376. The molecule has 0 aliphatic carbocycles. The van der Waals surface area contributed by atoms with Crippen molar-refractivity contribution in [3.8, 4) is 5.75 Å². The van der Waals surface area contributed by atoms with Crippen molar-refractivity contribution in [1.82, 2.24) is 15.8 Å². The zero-order valence-electron chi connectivity index (χ0n) is 18.4. The van der Waals surface area contributed by atoms with Gasteiger partial charge in [0.2, 0.25) is 0 Å². The van der Waals surface area contributed by atoms with E-state index in [1.54, 1.807) is 7.11 Å². The minimum absolute atomic E-state index is 0. The van der Waals surface area contributed by atoms with Crippen LogP contribution < -0.4 is 20.3 Å². The molecule has 2 heterocycles. The van der Waals surface area contributed by atoms with E-state index in [0.717, 1.165) is 55.8 Å². The molecule has 0 saturated carbocycles. The number of rotatable bonds is 8. The second-order valence-corrected chi connectivity index (χ2v) is 7.75. The number of aliphatic imine (C=N–C) groups is 1. The molecule has 0 bridgehead atoms. The van der Waals surface area contributed by atoms with Gasteiger partial charge in [-0.2, -0.15) is 0 Å². The summed E-state index contributed by atoms with van der Waals surface area (Å²) in [5, 5.41) is 10.9. The molecule has 1 fully saturated rings. The van der Waals surface area contributed by atoms with Crippen LogP contribution in [0.15, 0.2) is 39.8 Å². The van der Waals surface area contributed by atoms with Crippen LogP contribution >= 0.6 is 24.0 Å². The second-order valence-electron chi connectivity index (χ2n) is 7.75. The molecule has 0 amide bonds. The summed E-state index contributed by atoms with van der Waals surface area (Å²) in [6, 6.07) is 10.3. The van der Waals surface area contributed by atoms with Gasteiger partial charge in [-0.25, -0.2) is 4.99 Å². The highest BCUT2D eigenvalue weighted by molar-refractivity contribution is 14.0. The fourth-order valence-electron chi connectivity index (χ4n) is 3.46. The third-order valence-corrected chi connectivity index (χ3v) is 5.17. The van der Waals surface area contributed by atoms with Crippen LogP contribution in [0.2, 0.25) is 0 Å². The van der Waals surface area contributed by atoms with Gasteiger partial charge in [0.05, 0.1) is 12.8 Å². The lowest BCUT2D eigenvalue weighted by Gasteiger charge is -2.20. The number of guanidine groups is 1. The van der Waals surface area contributed by atoms with Crippen LogP contribution in [0.4, 0.5) is 5.69 Å². The third kappa shape index (κ3) is 6.78. The van der Waals surface area contributed by atoms with Gasteiger partial charge < -0.3 is 24.8 Å². The fraction of sp³-hybridized carbons (Fsp3) is 0.545. The Kier molecular flexibility index (Phi) is 9.74. The fourth-order valence-corrected chi connectivity index (χ4v) is 3.46. The predicted octanol–water partition coefficient (Wildman–Crippen LogP) is 4.01. The summed E-state index contributed by atoms with van der Waals surface area (Å²) in [6.45, 7) is 10.6. The maximum atomic E-state index is 5.38. The van der Waals surface area contributed by atoms with Crippen LogP contribution in [0.25, 0.3) is 0 Å². The molecule has 0 spiro atoms. The summed E-state index contributed by atoms with van der Waals surface area (Å²) in [5.74, 6) is 3.44. The Morgan fingerprint density at radius 1 is 1.33 bits per heavy atom. The minimum Gasteiger partial charge on any atom is -0.497 e. The smallest absolute Gasteiger partial charge is 0.191 e. The maximum absolute atomic E-state index is 5.38. The lowest BCUT2D eigenvalue weighted by atomic mass is 10.1. The normalized spacial score (nSPS) is 16.5. The molecule has 1 saturated heterocycles. The molecule has 30 heavy (non-hydrogen) atoms. The van der Waals surface area contributed by atoms with Crippen LogP contribution in [0.1, 0.15) is 44.6 Å². The Morgan fingerprint density at radius 3 is 2.87 bits per heavy atom. The van der Waals surface area contributed by atoms with Crippen LogP contribution in [-0.2, 0) is 6.54 Å². The predicted molar refractivity (Wildman–Crippen MR) is 132 cm³/mol. The average molecular weight is 527 g/mol. The largest absolute Gasteiger partial charge is 0.497 e. The number of nitrogens with zero attached hydrogens (tertiary/aromatic N) is 3. The van der Waals surface area contributed by atoms with Crippen molar-refractivity contribution in [2.24, 2.45) is 10.9 Å². The number of aromatic nitrogens is 1. The molecule has 1 atom stereocenters. The van der Waals surface area contributed by atoms with Gasteiger partial charge in [-0.05, 0) is 37.3 Å². The summed E-state index contributed by atoms with van der Waals surface area (Å²) in [4.78, 5) is 7.07. The first-order valence-electron chi connectivity index (χ1n) is 10.5. The van der Waals surface area contributed by atoms with Gasteiger partial charge in [-0.1, -0.05) is 25.1 Å². The number of ether oxygens (including phenoxy) is 1. The Balaban J connectivity index is 0.00000320. The highest BCUT2D eigenvalue weighted by Crippen LogP contribution is 2.26. The van der Waals surface area contributed by atoms with Gasteiger partial charge in [0.25, 0.3) is 0 Å². The molecule has 7 nitrogen and oxygen atoms in total. The van der Waals surface area contributed by atoms with Crippen LogP contribution in [-0.4, -0.2) is 44.4 Å². The van der Waals surface area contributed by atoms with Crippen LogP contribution in [0.5, 0.6) is 5.75 Å². The van der Waals surface area contributed by atoms with E-state index >= 15 is 0 Å². The van der Waals surface area contributed by atoms with E-state index in [1.165, 1.54) is 5.69 Å². The molecular weight excluding hydrogens is 493 g/mol. The van der Waals surface area contributed by atoms with Gasteiger partial charge in [0.1, 0.15) is 12.3 Å². The summed E-state index contributed by atoms with van der Waals surface area (Å²) in [7, 11) is 1.71. The number of nitrogens with one attached hydrogen (secondary N) is 2. The summed E-state index contributed by atoms with van der Waals surface area (Å²) < 4.78 is 10.7. The Labute approximate surface area is 196 Å². The van der Waals surface area contributed by atoms with Crippen LogP contribution in [0, 0.1) is 5.92 Å². The van der Waals surface area contributed by atoms with Crippen molar-refractivity contribution in [2.45, 2.75) is 39.7 Å². The van der Waals surface area contributed by atoms with E-state index in [0.29, 0.717) is 18.4 Å². The van der Waals surface area contributed by atoms with Crippen molar-refractivity contribution in [2.75, 3.05) is 38.2 Å². The van der Waals surface area contributed by atoms with Crippen molar-refractivity contribution >= 4 is 35.6 Å². The maximum Gasteiger partial charge on any atom is 0.191 e. The van der Waals surface area contributed by atoms with Gasteiger partial charge in [0, 0.05) is 44.0 Å². The lowest BCUT2D eigenvalue weighted by Crippen LogP contribution is -2.40. The van der Waals surface area contributed by atoms with Gasteiger partial charge in [-0.3, -0.25) is 0 Å². The molecule has 1 aromatic carbocycles. The minimum atomic E-state index is 0. The van der Waals surface area contributed by atoms with E-state index in [9.17, 15) is 0 Å². The number of benzene rings is 1. The van der Waals surface area contributed by atoms with E-state index in [4.69, 9.17) is 9.26 Å². The van der Waals surface area contributed by atoms with E-state index in [1.807, 2.05) is 18.2 Å². The zero-order chi connectivity index (χ0) is 20.6. The first-order chi connectivity index (χ1) is 14.1. The Bertz CT molecular complexity index is 808. The Hall–Kier alpha value is -1.97. The molecule has 1 aromatic heterocycles. The topological polar surface area (TPSA) is 74.9 Å².